The second-order valence-electron chi connectivity index (χ2n) is 5.79. The van der Waals surface area contributed by atoms with E-state index in [1.807, 2.05) is 18.2 Å². The lowest BCUT2D eigenvalue weighted by molar-refractivity contribution is -0.140. The number of rotatable bonds is 5. The molecule has 1 saturated carbocycles. The maximum Gasteiger partial charge on any atom is 0.307 e. The van der Waals surface area contributed by atoms with Crippen LogP contribution in [0, 0.1) is 17.3 Å². The van der Waals surface area contributed by atoms with Gasteiger partial charge in [-0.15, -0.1) is 0 Å². The molecule has 1 aromatic rings. The van der Waals surface area contributed by atoms with E-state index in [-0.39, 0.29) is 12.5 Å². The molecule has 3 N–H and O–H groups in total. The van der Waals surface area contributed by atoms with Gasteiger partial charge in [-0.05, 0) is 11.0 Å². The number of nitrogens with one attached hydrogen (secondary N) is 1. The molecule has 20 heavy (non-hydrogen) atoms. The smallest absolute Gasteiger partial charge is 0.307 e. The van der Waals surface area contributed by atoms with Gasteiger partial charge in [0.15, 0.2) is 0 Å². The Hall–Kier alpha value is -1.88. The third kappa shape index (κ3) is 2.67. The monoisotopic (exact) mass is 277 g/mol. The third-order valence-electron chi connectivity index (χ3n) is 4.03. The van der Waals surface area contributed by atoms with Gasteiger partial charge in [0.2, 0.25) is 5.91 Å². The van der Waals surface area contributed by atoms with Crippen molar-refractivity contribution in [2.45, 2.75) is 20.0 Å². The Kier molecular flexibility index (Phi) is 3.81. The van der Waals surface area contributed by atoms with Crippen LogP contribution in [0.25, 0.3) is 0 Å². The molecule has 1 amide bonds. The van der Waals surface area contributed by atoms with Gasteiger partial charge >= 0.3 is 5.97 Å². The van der Waals surface area contributed by atoms with Crippen LogP contribution < -0.4 is 5.32 Å². The average molecular weight is 277 g/mol. The summed E-state index contributed by atoms with van der Waals surface area (Å²) in [5.74, 6) is -2.42. The minimum absolute atomic E-state index is 0.0851. The van der Waals surface area contributed by atoms with E-state index in [0.29, 0.717) is 0 Å². The molecule has 0 radical (unpaired) electrons. The average Bonchev–Trinajstić information content (AvgIpc) is 3.00. The van der Waals surface area contributed by atoms with Crippen molar-refractivity contribution in [1.29, 1.82) is 0 Å². The first-order valence-electron chi connectivity index (χ1n) is 6.59. The fourth-order valence-corrected chi connectivity index (χ4v) is 2.69. The van der Waals surface area contributed by atoms with E-state index >= 15 is 0 Å². The van der Waals surface area contributed by atoms with Crippen molar-refractivity contribution < 1.29 is 19.8 Å². The molecule has 5 heteroatoms. The van der Waals surface area contributed by atoms with E-state index in [9.17, 15) is 14.7 Å². The van der Waals surface area contributed by atoms with Crippen molar-refractivity contribution in [2.24, 2.45) is 17.3 Å². The highest BCUT2D eigenvalue weighted by Crippen LogP contribution is 2.58. The van der Waals surface area contributed by atoms with Gasteiger partial charge in [-0.3, -0.25) is 9.59 Å². The van der Waals surface area contributed by atoms with Crippen molar-refractivity contribution in [3.63, 3.8) is 0 Å². The van der Waals surface area contributed by atoms with Gasteiger partial charge in [0, 0.05) is 6.54 Å². The molecule has 0 bridgehead atoms. The van der Waals surface area contributed by atoms with Crippen LogP contribution >= 0.6 is 0 Å². The Bertz CT molecular complexity index is 512. The van der Waals surface area contributed by atoms with Crippen LogP contribution in [0.5, 0.6) is 0 Å². The zero-order valence-corrected chi connectivity index (χ0v) is 11.5. The van der Waals surface area contributed by atoms with Crippen LogP contribution in [0.4, 0.5) is 0 Å². The molecule has 0 aliphatic heterocycles. The first-order valence-corrected chi connectivity index (χ1v) is 6.59. The molecular weight excluding hydrogens is 258 g/mol. The standard InChI is InChI=1S/C15H19NO4/c1-15(2)11(12(15)14(19)20)13(18)16-8-10(17)9-6-4-3-5-7-9/h3-7,10-12,17H,8H2,1-2H3,(H,16,18)(H,19,20). The van der Waals surface area contributed by atoms with Crippen LogP contribution in [0.3, 0.4) is 0 Å². The Labute approximate surface area is 117 Å². The zero-order valence-electron chi connectivity index (χ0n) is 11.5. The minimum Gasteiger partial charge on any atom is -0.481 e. The van der Waals surface area contributed by atoms with Gasteiger partial charge in [0.25, 0.3) is 0 Å². The number of aliphatic hydroxyl groups is 1. The van der Waals surface area contributed by atoms with Crippen LogP contribution in [0.1, 0.15) is 25.5 Å². The summed E-state index contributed by atoms with van der Waals surface area (Å²) in [6, 6.07) is 9.02. The highest BCUT2D eigenvalue weighted by atomic mass is 16.4. The Morgan fingerprint density at radius 2 is 1.85 bits per heavy atom. The molecule has 3 unspecified atom stereocenters. The van der Waals surface area contributed by atoms with Gasteiger partial charge in [-0.25, -0.2) is 0 Å². The fourth-order valence-electron chi connectivity index (χ4n) is 2.69. The van der Waals surface area contributed by atoms with Crippen LogP contribution in [0.15, 0.2) is 30.3 Å². The van der Waals surface area contributed by atoms with Gasteiger partial charge in [-0.2, -0.15) is 0 Å². The SMILES string of the molecule is CC1(C)C(C(=O)O)C1C(=O)NCC(O)c1ccccc1. The first-order chi connectivity index (χ1) is 9.35. The van der Waals surface area contributed by atoms with Crippen molar-refractivity contribution in [3.05, 3.63) is 35.9 Å². The van der Waals surface area contributed by atoms with Gasteiger partial charge in [0.1, 0.15) is 0 Å². The molecule has 1 aliphatic rings. The largest absolute Gasteiger partial charge is 0.481 e. The number of benzene rings is 1. The number of carbonyl (C=O) groups is 2. The molecule has 0 heterocycles. The summed E-state index contributed by atoms with van der Waals surface area (Å²) in [5.41, 5.74) is 0.200. The minimum atomic E-state index is -0.946. The molecule has 108 valence electrons. The molecule has 1 aliphatic carbocycles. The second kappa shape index (κ2) is 5.25. The summed E-state index contributed by atoms with van der Waals surface area (Å²) in [6.07, 6.45) is -0.787. The van der Waals surface area contributed by atoms with E-state index in [1.165, 1.54) is 0 Å². The zero-order chi connectivity index (χ0) is 14.9. The Morgan fingerprint density at radius 3 is 2.35 bits per heavy atom. The molecule has 0 aromatic heterocycles. The number of carboxylic acid groups (broad SMARTS) is 1. The lowest BCUT2D eigenvalue weighted by atomic mass is 10.1. The fraction of sp³-hybridized carbons (Fsp3) is 0.467. The number of hydrogen-bond donors (Lipinski definition) is 3. The van der Waals surface area contributed by atoms with Crippen molar-refractivity contribution in [2.75, 3.05) is 6.54 Å². The lowest BCUT2D eigenvalue weighted by Gasteiger charge is -2.12. The van der Waals surface area contributed by atoms with Crippen LogP contribution in [-0.2, 0) is 9.59 Å². The molecule has 0 spiro atoms. The number of amides is 1. The Morgan fingerprint density at radius 1 is 1.25 bits per heavy atom. The van der Waals surface area contributed by atoms with Gasteiger partial charge in [-0.1, -0.05) is 44.2 Å². The van der Waals surface area contributed by atoms with E-state index in [2.05, 4.69) is 5.32 Å². The maximum absolute atomic E-state index is 12.0. The highest BCUT2D eigenvalue weighted by molar-refractivity contribution is 5.91. The summed E-state index contributed by atoms with van der Waals surface area (Å²) in [7, 11) is 0. The highest BCUT2D eigenvalue weighted by Gasteiger charge is 2.65. The number of hydrogen-bond acceptors (Lipinski definition) is 3. The summed E-state index contributed by atoms with van der Waals surface area (Å²) < 4.78 is 0. The first kappa shape index (κ1) is 14.5. The maximum atomic E-state index is 12.0. The number of carbonyl (C=O) groups excluding carboxylic acids is 1. The quantitative estimate of drug-likeness (QED) is 0.754. The molecular formula is C15H19NO4. The van der Waals surface area contributed by atoms with E-state index in [0.717, 1.165) is 5.56 Å². The third-order valence-corrected chi connectivity index (χ3v) is 4.03. The van der Waals surface area contributed by atoms with Gasteiger partial charge < -0.3 is 15.5 Å². The number of aliphatic carboxylic acids is 1. The molecule has 2 rings (SSSR count). The van der Waals surface area contributed by atoms with Crippen molar-refractivity contribution >= 4 is 11.9 Å². The number of carboxylic acids is 1. The predicted octanol–water partition coefficient (Wildman–Crippen LogP) is 1.19. The summed E-state index contributed by atoms with van der Waals surface area (Å²) in [6.45, 7) is 3.62. The van der Waals surface area contributed by atoms with E-state index < -0.39 is 29.3 Å². The summed E-state index contributed by atoms with van der Waals surface area (Å²) in [5, 5.41) is 21.6. The molecule has 1 aromatic carbocycles. The second-order valence-corrected chi connectivity index (χ2v) is 5.79. The molecule has 3 atom stereocenters. The predicted molar refractivity (Wildman–Crippen MR) is 72.8 cm³/mol. The van der Waals surface area contributed by atoms with E-state index in [4.69, 9.17) is 5.11 Å². The number of aliphatic hydroxyl groups excluding tert-OH is 1. The Balaban J connectivity index is 1.89. The molecule has 5 nitrogen and oxygen atoms in total. The normalized spacial score (nSPS) is 24.8. The van der Waals surface area contributed by atoms with Crippen LogP contribution in [0.2, 0.25) is 0 Å². The topological polar surface area (TPSA) is 86.6 Å². The van der Waals surface area contributed by atoms with Crippen molar-refractivity contribution in [3.8, 4) is 0 Å². The molecule has 1 fully saturated rings. The van der Waals surface area contributed by atoms with Gasteiger partial charge in [0.05, 0.1) is 17.9 Å². The van der Waals surface area contributed by atoms with Crippen LogP contribution in [-0.4, -0.2) is 28.6 Å². The van der Waals surface area contributed by atoms with E-state index in [1.54, 1.807) is 26.0 Å². The summed E-state index contributed by atoms with van der Waals surface area (Å²) >= 11 is 0. The lowest BCUT2D eigenvalue weighted by Crippen LogP contribution is -2.31. The summed E-state index contributed by atoms with van der Waals surface area (Å²) in [4.78, 5) is 23.0. The van der Waals surface area contributed by atoms with Crippen molar-refractivity contribution in [1.82, 2.24) is 5.32 Å². The molecule has 0 saturated heterocycles.